The zero-order valence-corrected chi connectivity index (χ0v) is 20.0. The SMILES string of the molecule is O=C(N1CCCCC1COc1ccccc1)n1ncc(C(O)(c2ccc(F)cc2)c2ccc(F)cc2)n1. The third-order valence-corrected chi connectivity index (χ3v) is 6.62. The smallest absolute Gasteiger partial charge is 0.362 e. The quantitative estimate of drug-likeness (QED) is 0.410. The molecule has 0 saturated carbocycles. The summed E-state index contributed by atoms with van der Waals surface area (Å²) in [7, 11) is 0. The maximum absolute atomic E-state index is 13.6. The molecular formula is C28H26F2N4O3. The molecule has 9 heteroatoms. The van der Waals surface area contributed by atoms with Crippen molar-refractivity contribution in [1.82, 2.24) is 19.9 Å². The first-order valence-corrected chi connectivity index (χ1v) is 12.1. The van der Waals surface area contributed by atoms with Crippen LogP contribution in [0.15, 0.2) is 85.1 Å². The Labute approximate surface area is 212 Å². The number of piperidine rings is 1. The van der Waals surface area contributed by atoms with E-state index in [0.29, 0.717) is 24.3 Å². The van der Waals surface area contributed by atoms with Crippen LogP contribution in [0.5, 0.6) is 5.75 Å². The first kappa shape index (κ1) is 24.6. The minimum absolute atomic E-state index is 0.0492. The summed E-state index contributed by atoms with van der Waals surface area (Å²) in [6, 6.07) is 19.3. The van der Waals surface area contributed by atoms with E-state index in [0.717, 1.165) is 29.8 Å². The minimum Gasteiger partial charge on any atom is -0.491 e. The number of rotatable bonds is 6. The van der Waals surface area contributed by atoms with Gasteiger partial charge in [-0.15, -0.1) is 5.10 Å². The molecule has 1 fully saturated rings. The van der Waals surface area contributed by atoms with Gasteiger partial charge in [0.1, 0.15) is 29.7 Å². The standard InChI is InChI=1S/C28H26F2N4O3/c29-22-13-9-20(10-14-22)28(36,21-11-15-23(30)16-12-21)26-18-31-34(32-26)27(35)33-17-5-4-6-24(33)19-37-25-7-2-1-3-8-25/h1-3,7-16,18,24,36H,4-6,17,19H2. The van der Waals surface area contributed by atoms with E-state index in [1.54, 1.807) is 4.90 Å². The van der Waals surface area contributed by atoms with E-state index in [2.05, 4.69) is 10.2 Å². The molecule has 1 aromatic heterocycles. The number of carbonyl (C=O) groups excluding carboxylic acids is 1. The number of ether oxygens (including phenoxy) is 1. The highest BCUT2D eigenvalue weighted by Crippen LogP contribution is 2.35. The molecule has 1 atom stereocenters. The van der Waals surface area contributed by atoms with Crippen molar-refractivity contribution in [2.75, 3.05) is 13.2 Å². The molecule has 0 aliphatic carbocycles. The number of para-hydroxylation sites is 1. The van der Waals surface area contributed by atoms with Gasteiger partial charge in [0, 0.05) is 6.54 Å². The van der Waals surface area contributed by atoms with E-state index in [4.69, 9.17) is 4.74 Å². The van der Waals surface area contributed by atoms with Gasteiger partial charge >= 0.3 is 6.03 Å². The van der Waals surface area contributed by atoms with Gasteiger partial charge in [0.15, 0.2) is 5.60 Å². The van der Waals surface area contributed by atoms with Gasteiger partial charge in [0.05, 0.1) is 12.2 Å². The summed E-state index contributed by atoms with van der Waals surface area (Å²) in [5.74, 6) is -0.223. The van der Waals surface area contributed by atoms with Crippen LogP contribution in [0.25, 0.3) is 0 Å². The van der Waals surface area contributed by atoms with Crippen LogP contribution in [0.4, 0.5) is 13.6 Å². The van der Waals surface area contributed by atoms with Gasteiger partial charge in [-0.2, -0.15) is 5.10 Å². The third-order valence-electron chi connectivity index (χ3n) is 6.62. The minimum atomic E-state index is -1.89. The highest BCUT2D eigenvalue weighted by molar-refractivity contribution is 5.75. The molecule has 1 unspecified atom stereocenters. The lowest BCUT2D eigenvalue weighted by Crippen LogP contribution is -2.49. The molecular weight excluding hydrogens is 478 g/mol. The summed E-state index contributed by atoms with van der Waals surface area (Å²) in [5, 5.41) is 20.4. The average Bonchev–Trinajstić information content (AvgIpc) is 3.44. The van der Waals surface area contributed by atoms with Crippen LogP contribution in [-0.4, -0.2) is 50.2 Å². The maximum Gasteiger partial charge on any atom is 0.362 e. The second kappa shape index (κ2) is 10.5. The van der Waals surface area contributed by atoms with Crippen molar-refractivity contribution >= 4 is 6.03 Å². The molecule has 190 valence electrons. The Hall–Kier alpha value is -4.11. The molecule has 7 nitrogen and oxygen atoms in total. The zero-order chi connectivity index (χ0) is 25.8. The van der Waals surface area contributed by atoms with Crippen molar-refractivity contribution in [3.8, 4) is 5.75 Å². The molecule has 2 heterocycles. The number of hydrogen-bond acceptors (Lipinski definition) is 5. The van der Waals surface area contributed by atoms with Crippen LogP contribution < -0.4 is 4.74 Å². The van der Waals surface area contributed by atoms with Gasteiger partial charge in [-0.3, -0.25) is 0 Å². The molecule has 1 amide bonds. The molecule has 1 N–H and O–H groups in total. The molecule has 1 aliphatic heterocycles. The second-order valence-corrected chi connectivity index (χ2v) is 8.99. The van der Waals surface area contributed by atoms with Crippen LogP contribution in [0.2, 0.25) is 0 Å². The summed E-state index contributed by atoms with van der Waals surface area (Å²) in [6.45, 7) is 0.859. The molecule has 3 aromatic carbocycles. The van der Waals surface area contributed by atoms with Crippen molar-refractivity contribution in [1.29, 1.82) is 0 Å². The molecule has 1 saturated heterocycles. The summed E-state index contributed by atoms with van der Waals surface area (Å²) < 4.78 is 33.2. The van der Waals surface area contributed by atoms with Crippen molar-refractivity contribution in [2.24, 2.45) is 0 Å². The maximum atomic E-state index is 13.6. The van der Waals surface area contributed by atoms with Crippen molar-refractivity contribution in [2.45, 2.75) is 30.9 Å². The van der Waals surface area contributed by atoms with Gasteiger partial charge in [0.25, 0.3) is 0 Å². The number of hydrogen-bond donors (Lipinski definition) is 1. The van der Waals surface area contributed by atoms with E-state index >= 15 is 0 Å². The van der Waals surface area contributed by atoms with E-state index in [1.807, 2.05) is 30.3 Å². The Kier molecular flexibility index (Phi) is 6.96. The third kappa shape index (κ3) is 5.08. The second-order valence-electron chi connectivity index (χ2n) is 8.99. The number of benzene rings is 3. The predicted octanol–water partition coefficient (Wildman–Crippen LogP) is 4.74. The van der Waals surface area contributed by atoms with Crippen LogP contribution in [0.1, 0.15) is 36.1 Å². The van der Waals surface area contributed by atoms with Crippen LogP contribution in [-0.2, 0) is 5.60 Å². The summed E-state index contributed by atoms with van der Waals surface area (Å²) >= 11 is 0. The topological polar surface area (TPSA) is 80.5 Å². The van der Waals surface area contributed by atoms with Crippen LogP contribution in [0.3, 0.4) is 0 Å². The lowest BCUT2D eigenvalue weighted by molar-refractivity contribution is 0.110. The monoisotopic (exact) mass is 504 g/mol. The number of halogens is 2. The van der Waals surface area contributed by atoms with E-state index in [1.165, 1.54) is 54.7 Å². The van der Waals surface area contributed by atoms with Crippen molar-refractivity contribution in [3.05, 3.63) is 114 Å². The summed E-state index contributed by atoms with van der Waals surface area (Å²) in [5.41, 5.74) is -1.25. The normalized spacial score (nSPS) is 16.0. The molecule has 0 spiro atoms. The molecule has 1 aliphatic rings. The molecule has 0 radical (unpaired) electrons. The highest BCUT2D eigenvalue weighted by Gasteiger charge is 2.38. The van der Waals surface area contributed by atoms with Crippen molar-refractivity contribution < 1.29 is 23.4 Å². The number of carbonyl (C=O) groups is 1. The first-order chi connectivity index (χ1) is 17.9. The van der Waals surface area contributed by atoms with Crippen molar-refractivity contribution in [3.63, 3.8) is 0 Å². The Balaban J connectivity index is 1.43. The van der Waals surface area contributed by atoms with Crippen LogP contribution >= 0.6 is 0 Å². The number of likely N-dealkylation sites (tertiary alicyclic amines) is 1. The summed E-state index contributed by atoms with van der Waals surface area (Å²) in [6.07, 6.45) is 3.89. The number of aliphatic hydroxyl groups is 1. The first-order valence-electron chi connectivity index (χ1n) is 12.1. The van der Waals surface area contributed by atoms with Gasteiger partial charge in [0.2, 0.25) is 0 Å². The van der Waals surface area contributed by atoms with Gasteiger partial charge in [-0.1, -0.05) is 47.3 Å². The Morgan fingerprint density at radius 1 is 0.946 bits per heavy atom. The molecule has 4 aromatic rings. The Bertz CT molecular complexity index is 1300. The predicted molar refractivity (Wildman–Crippen MR) is 132 cm³/mol. The Morgan fingerprint density at radius 3 is 2.19 bits per heavy atom. The largest absolute Gasteiger partial charge is 0.491 e. The Morgan fingerprint density at radius 2 is 1.57 bits per heavy atom. The fraction of sp³-hybridized carbons (Fsp3) is 0.250. The molecule has 37 heavy (non-hydrogen) atoms. The average molecular weight is 505 g/mol. The van der Waals surface area contributed by atoms with Gasteiger partial charge in [-0.25, -0.2) is 13.6 Å². The van der Waals surface area contributed by atoms with E-state index < -0.39 is 23.3 Å². The lowest BCUT2D eigenvalue weighted by atomic mass is 9.84. The fourth-order valence-electron chi connectivity index (χ4n) is 4.62. The number of nitrogens with zero attached hydrogens (tertiary/aromatic N) is 4. The lowest BCUT2D eigenvalue weighted by Gasteiger charge is -2.34. The van der Waals surface area contributed by atoms with E-state index in [9.17, 15) is 18.7 Å². The summed E-state index contributed by atoms with van der Waals surface area (Å²) in [4.78, 5) is 16.1. The van der Waals surface area contributed by atoms with E-state index in [-0.39, 0.29) is 11.7 Å². The van der Waals surface area contributed by atoms with Gasteiger partial charge in [-0.05, 0) is 66.8 Å². The van der Waals surface area contributed by atoms with Crippen LogP contribution in [0, 0.1) is 11.6 Å². The number of amides is 1. The van der Waals surface area contributed by atoms with Gasteiger partial charge < -0.3 is 14.7 Å². The fourth-order valence-corrected chi connectivity index (χ4v) is 4.62. The molecule has 0 bridgehead atoms. The molecule has 5 rings (SSSR count). The number of aromatic nitrogens is 3. The highest BCUT2D eigenvalue weighted by atomic mass is 19.1. The zero-order valence-electron chi connectivity index (χ0n) is 20.0.